The topological polar surface area (TPSA) is 79.7 Å². The lowest BCUT2D eigenvalue weighted by Crippen LogP contribution is -2.50. The van der Waals surface area contributed by atoms with Crippen LogP contribution in [-0.2, 0) is 6.54 Å². The van der Waals surface area contributed by atoms with Crippen LogP contribution in [-0.4, -0.2) is 56.4 Å². The second-order valence-electron chi connectivity index (χ2n) is 4.79. The highest BCUT2D eigenvalue weighted by Gasteiger charge is 2.37. The molecule has 2 heterocycles. The molecule has 1 saturated heterocycles. The van der Waals surface area contributed by atoms with E-state index < -0.39 is 0 Å². The first-order chi connectivity index (χ1) is 9.20. The van der Waals surface area contributed by atoms with Crippen LogP contribution >= 0.6 is 11.8 Å². The number of hydrogen-bond donors (Lipinski definition) is 2. The zero-order valence-electron chi connectivity index (χ0n) is 11.2. The highest BCUT2D eigenvalue weighted by Crippen LogP contribution is 2.34. The van der Waals surface area contributed by atoms with Crippen molar-refractivity contribution < 1.29 is 5.21 Å². The predicted molar refractivity (Wildman–Crippen MR) is 77.6 cm³/mol. The molecule has 1 aromatic rings. The third-order valence-corrected chi connectivity index (χ3v) is 5.23. The minimum absolute atomic E-state index is 0.197. The van der Waals surface area contributed by atoms with Crippen LogP contribution in [0.15, 0.2) is 23.6 Å². The maximum atomic E-state index is 8.90. The van der Waals surface area contributed by atoms with Crippen molar-refractivity contribution in [1.82, 2.24) is 14.7 Å². The lowest BCUT2D eigenvalue weighted by molar-refractivity contribution is 0.207. The first kappa shape index (κ1) is 14.2. The zero-order valence-corrected chi connectivity index (χ0v) is 12.0. The van der Waals surface area contributed by atoms with Crippen molar-refractivity contribution in [3.8, 4) is 0 Å². The highest BCUT2D eigenvalue weighted by molar-refractivity contribution is 8.00. The van der Waals surface area contributed by atoms with Crippen LogP contribution < -0.4 is 5.73 Å². The van der Waals surface area contributed by atoms with Crippen molar-refractivity contribution in [2.45, 2.75) is 24.1 Å². The maximum Gasteiger partial charge on any atom is 0.155 e. The molecule has 19 heavy (non-hydrogen) atoms. The van der Waals surface area contributed by atoms with Gasteiger partial charge in [-0.2, -0.15) is 16.9 Å². The van der Waals surface area contributed by atoms with Gasteiger partial charge in [-0.3, -0.25) is 4.68 Å². The number of nitrogens with two attached hydrogens (primary N) is 1. The van der Waals surface area contributed by atoms with Crippen molar-refractivity contribution in [2.24, 2.45) is 10.9 Å². The van der Waals surface area contributed by atoms with Gasteiger partial charge in [0.2, 0.25) is 0 Å². The van der Waals surface area contributed by atoms with Crippen LogP contribution in [0.4, 0.5) is 0 Å². The molecule has 0 spiro atoms. The molecule has 3 N–H and O–H groups in total. The smallest absolute Gasteiger partial charge is 0.155 e. The Labute approximate surface area is 117 Å². The van der Waals surface area contributed by atoms with E-state index >= 15 is 0 Å². The molecule has 0 aliphatic carbocycles. The fourth-order valence-corrected chi connectivity index (χ4v) is 3.31. The number of hydrogen-bond acceptors (Lipinski definition) is 5. The quantitative estimate of drug-likeness (QED) is 0.362. The van der Waals surface area contributed by atoms with E-state index in [1.807, 2.05) is 23.2 Å². The molecular formula is C12H21N5OS. The first-order valence-electron chi connectivity index (χ1n) is 6.43. The largest absolute Gasteiger partial charge is 0.409 e. The van der Waals surface area contributed by atoms with Crippen molar-refractivity contribution in [3.63, 3.8) is 0 Å². The van der Waals surface area contributed by atoms with Gasteiger partial charge in [0.25, 0.3) is 0 Å². The molecule has 7 heteroatoms. The summed E-state index contributed by atoms with van der Waals surface area (Å²) >= 11 is 1.68. The molecule has 2 rings (SSSR count). The number of amidine groups is 1. The minimum atomic E-state index is -0.197. The van der Waals surface area contributed by atoms with Crippen LogP contribution in [0.1, 0.15) is 12.8 Å². The number of thioether (sulfide) groups is 1. The summed E-state index contributed by atoms with van der Waals surface area (Å²) in [6.07, 6.45) is 7.64. The zero-order chi connectivity index (χ0) is 13.7. The Morgan fingerprint density at radius 1 is 1.47 bits per heavy atom. The van der Waals surface area contributed by atoms with Gasteiger partial charge in [0.15, 0.2) is 5.84 Å². The normalized spacial score (nSPS) is 20.6. The average molecular weight is 283 g/mol. The van der Waals surface area contributed by atoms with Crippen molar-refractivity contribution >= 4 is 17.6 Å². The van der Waals surface area contributed by atoms with Gasteiger partial charge < -0.3 is 15.8 Å². The Bertz CT molecular complexity index is 412. The summed E-state index contributed by atoms with van der Waals surface area (Å²) in [7, 11) is 0. The standard InChI is InChI=1S/C12H21N5OS/c1-19-12(11(13)15-18)3-7-16(8-4-12)9-10-17-6-2-5-14-17/h2,5-6,18H,3-4,7-10H2,1H3,(H2,13,15). The third kappa shape index (κ3) is 3.22. The molecule has 106 valence electrons. The van der Waals surface area contributed by atoms with Gasteiger partial charge in [0.1, 0.15) is 0 Å². The predicted octanol–water partition coefficient (Wildman–Crippen LogP) is 0.827. The van der Waals surface area contributed by atoms with Gasteiger partial charge in [0, 0.05) is 18.9 Å². The van der Waals surface area contributed by atoms with E-state index in [4.69, 9.17) is 10.9 Å². The van der Waals surface area contributed by atoms with Crippen molar-refractivity contribution in [2.75, 3.05) is 25.9 Å². The summed E-state index contributed by atoms with van der Waals surface area (Å²) < 4.78 is 1.75. The van der Waals surface area contributed by atoms with Gasteiger partial charge in [-0.15, -0.1) is 0 Å². The number of aromatic nitrogens is 2. The Hall–Kier alpha value is -1.21. The molecule has 1 aromatic heterocycles. The Balaban J connectivity index is 1.84. The Morgan fingerprint density at radius 3 is 2.74 bits per heavy atom. The lowest BCUT2D eigenvalue weighted by atomic mass is 9.94. The average Bonchev–Trinajstić information content (AvgIpc) is 2.98. The molecule has 0 amide bonds. The summed E-state index contributed by atoms with van der Waals surface area (Å²) in [5, 5.41) is 16.3. The van der Waals surface area contributed by atoms with Crippen LogP contribution in [0.2, 0.25) is 0 Å². The number of piperidine rings is 1. The van der Waals surface area contributed by atoms with Gasteiger partial charge in [0.05, 0.1) is 11.3 Å². The number of oxime groups is 1. The molecule has 1 aliphatic heterocycles. The molecule has 0 bridgehead atoms. The number of rotatable bonds is 5. The van der Waals surface area contributed by atoms with E-state index in [0.717, 1.165) is 39.0 Å². The molecule has 0 radical (unpaired) electrons. The summed E-state index contributed by atoms with van der Waals surface area (Å²) in [5.41, 5.74) is 5.84. The van der Waals surface area contributed by atoms with E-state index in [1.54, 1.807) is 18.0 Å². The van der Waals surface area contributed by atoms with E-state index in [0.29, 0.717) is 5.84 Å². The molecular weight excluding hydrogens is 262 g/mol. The highest BCUT2D eigenvalue weighted by atomic mass is 32.2. The first-order valence-corrected chi connectivity index (χ1v) is 7.65. The summed E-state index contributed by atoms with van der Waals surface area (Å²) in [6.45, 7) is 3.84. The van der Waals surface area contributed by atoms with Crippen LogP contribution in [0.3, 0.4) is 0 Å². The third-order valence-electron chi connectivity index (χ3n) is 3.83. The monoisotopic (exact) mass is 283 g/mol. The molecule has 6 nitrogen and oxygen atoms in total. The number of nitrogens with zero attached hydrogens (tertiary/aromatic N) is 4. The fraction of sp³-hybridized carbons (Fsp3) is 0.667. The van der Waals surface area contributed by atoms with Crippen molar-refractivity contribution in [3.05, 3.63) is 18.5 Å². The fourth-order valence-electron chi connectivity index (χ4n) is 2.47. The van der Waals surface area contributed by atoms with Crippen LogP contribution in [0.25, 0.3) is 0 Å². The van der Waals surface area contributed by atoms with E-state index in [1.165, 1.54) is 0 Å². The molecule has 1 fully saturated rings. The molecule has 0 saturated carbocycles. The molecule has 0 aromatic carbocycles. The second-order valence-corrected chi connectivity index (χ2v) is 5.98. The number of likely N-dealkylation sites (tertiary alicyclic amines) is 1. The SMILES string of the molecule is CSC1(C(N)=NO)CCN(CCn2cccn2)CC1. The summed E-state index contributed by atoms with van der Waals surface area (Å²) in [4.78, 5) is 2.40. The minimum Gasteiger partial charge on any atom is -0.409 e. The van der Waals surface area contributed by atoms with Gasteiger partial charge in [-0.1, -0.05) is 5.16 Å². The van der Waals surface area contributed by atoms with Gasteiger partial charge >= 0.3 is 0 Å². The summed E-state index contributed by atoms with van der Waals surface area (Å²) in [6, 6.07) is 1.94. The van der Waals surface area contributed by atoms with E-state index in [2.05, 4.69) is 15.2 Å². The molecule has 1 aliphatic rings. The van der Waals surface area contributed by atoms with E-state index in [9.17, 15) is 0 Å². The second kappa shape index (κ2) is 6.29. The Kier molecular flexibility index (Phi) is 4.71. The van der Waals surface area contributed by atoms with Crippen LogP contribution in [0, 0.1) is 0 Å². The van der Waals surface area contributed by atoms with Crippen LogP contribution in [0.5, 0.6) is 0 Å². The van der Waals surface area contributed by atoms with Gasteiger partial charge in [-0.05, 0) is 38.3 Å². The molecule has 0 atom stereocenters. The molecule has 0 unspecified atom stereocenters. The van der Waals surface area contributed by atoms with Crippen molar-refractivity contribution in [1.29, 1.82) is 0 Å². The van der Waals surface area contributed by atoms with Gasteiger partial charge in [-0.25, -0.2) is 0 Å². The lowest BCUT2D eigenvalue weighted by Gasteiger charge is -2.39. The summed E-state index contributed by atoms with van der Waals surface area (Å²) in [5.74, 6) is 0.353. The Morgan fingerprint density at radius 2 is 2.21 bits per heavy atom. The maximum absolute atomic E-state index is 8.90. The van der Waals surface area contributed by atoms with E-state index in [-0.39, 0.29) is 4.75 Å².